The van der Waals surface area contributed by atoms with Gasteiger partial charge in [0.1, 0.15) is 10.0 Å². The van der Waals surface area contributed by atoms with Crippen molar-refractivity contribution in [3.05, 3.63) is 10.0 Å². The summed E-state index contributed by atoms with van der Waals surface area (Å²) >= 11 is 1.76. The number of aromatic nitrogens is 2. The van der Waals surface area contributed by atoms with Gasteiger partial charge in [-0.05, 0) is 32.2 Å². The Morgan fingerprint density at radius 2 is 2.14 bits per heavy atom. The molecule has 1 heterocycles. The van der Waals surface area contributed by atoms with E-state index in [9.17, 15) is 0 Å². The Hall–Kier alpha value is -0.480. The molecule has 14 heavy (non-hydrogen) atoms. The van der Waals surface area contributed by atoms with Crippen LogP contribution < -0.4 is 5.32 Å². The third-order valence-corrected chi connectivity index (χ3v) is 3.52. The molecule has 0 spiro atoms. The number of aryl methyl sites for hydroxylation is 2. The van der Waals surface area contributed by atoms with Gasteiger partial charge in [-0.3, -0.25) is 0 Å². The number of rotatable bonds is 6. The third-order valence-electron chi connectivity index (χ3n) is 2.39. The Labute approximate surface area is 88.9 Å². The monoisotopic (exact) mass is 211 g/mol. The zero-order valence-corrected chi connectivity index (χ0v) is 9.44. The normalized spacial score (nSPS) is 16.1. The summed E-state index contributed by atoms with van der Waals surface area (Å²) in [5, 5.41) is 14.1. The minimum atomic E-state index is 0.829. The molecule has 3 nitrogen and oxygen atoms in total. The second kappa shape index (κ2) is 4.84. The molecule has 0 atom stereocenters. The molecular formula is C10H17N3S. The fraction of sp³-hybridized carbons (Fsp3) is 0.800. The summed E-state index contributed by atoms with van der Waals surface area (Å²) in [5.74, 6) is 0. The van der Waals surface area contributed by atoms with Crippen LogP contribution in [0.15, 0.2) is 0 Å². The summed E-state index contributed by atoms with van der Waals surface area (Å²) in [4.78, 5) is 0. The van der Waals surface area contributed by atoms with Gasteiger partial charge in [0.05, 0.1) is 0 Å². The van der Waals surface area contributed by atoms with E-state index < -0.39 is 0 Å². The largest absolute Gasteiger partial charge is 0.314 e. The van der Waals surface area contributed by atoms with Gasteiger partial charge in [0.15, 0.2) is 0 Å². The lowest BCUT2D eigenvalue weighted by molar-refractivity contribution is 0.643. The fourth-order valence-electron chi connectivity index (χ4n) is 1.37. The predicted octanol–water partition coefficient (Wildman–Crippen LogP) is 1.79. The molecule has 1 aromatic rings. The maximum absolute atomic E-state index is 4.16. The van der Waals surface area contributed by atoms with Gasteiger partial charge in [-0.2, -0.15) is 0 Å². The first kappa shape index (κ1) is 10.1. The van der Waals surface area contributed by atoms with Crippen molar-refractivity contribution >= 4 is 11.3 Å². The topological polar surface area (TPSA) is 37.8 Å². The Bertz CT molecular complexity index is 281. The molecule has 0 aromatic carbocycles. The second-order valence-electron chi connectivity index (χ2n) is 3.78. The standard InChI is InChI=1S/C10H17N3S/c1-2-9-12-13-10(14-9)4-3-7-11-8-5-6-8/h8,11H,2-7H2,1H3. The van der Waals surface area contributed by atoms with Crippen molar-refractivity contribution in [1.29, 1.82) is 0 Å². The zero-order chi connectivity index (χ0) is 9.80. The van der Waals surface area contributed by atoms with Crippen LogP contribution in [0.25, 0.3) is 0 Å². The SMILES string of the molecule is CCc1nnc(CCCNC2CC2)s1. The maximum Gasteiger partial charge on any atom is 0.117 e. The van der Waals surface area contributed by atoms with Crippen molar-refractivity contribution in [2.75, 3.05) is 6.54 Å². The van der Waals surface area contributed by atoms with Crippen LogP contribution in [0, 0.1) is 0 Å². The van der Waals surface area contributed by atoms with Crippen molar-refractivity contribution < 1.29 is 0 Å². The smallest absolute Gasteiger partial charge is 0.117 e. The highest BCUT2D eigenvalue weighted by atomic mass is 32.1. The first-order chi connectivity index (χ1) is 6.88. The van der Waals surface area contributed by atoms with Gasteiger partial charge < -0.3 is 5.32 Å². The van der Waals surface area contributed by atoms with E-state index in [0.717, 1.165) is 30.4 Å². The van der Waals surface area contributed by atoms with Crippen LogP contribution in [-0.4, -0.2) is 22.8 Å². The second-order valence-corrected chi connectivity index (χ2v) is 4.92. The quantitative estimate of drug-likeness (QED) is 0.729. The molecule has 1 saturated carbocycles. The van der Waals surface area contributed by atoms with Crippen LogP contribution in [0.2, 0.25) is 0 Å². The van der Waals surface area contributed by atoms with E-state index in [1.54, 1.807) is 11.3 Å². The average Bonchev–Trinajstić information content (AvgIpc) is 2.91. The maximum atomic E-state index is 4.16. The summed E-state index contributed by atoms with van der Waals surface area (Å²) in [6.07, 6.45) is 6.03. The van der Waals surface area contributed by atoms with Crippen molar-refractivity contribution in [2.45, 2.75) is 45.1 Å². The Morgan fingerprint density at radius 3 is 2.79 bits per heavy atom. The fourth-order valence-corrected chi connectivity index (χ4v) is 2.19. The van der Waals surface area contributed by atoms with Gasteiger partial charge in [0, 0.05) is 12.5 Å². The molecule has 1 aliphatic carbocycles. The lowest BCUT2D eigenvalue weighted by atomic mass is 10.3. The molecule has 0 amide bonds. The number of nitrogens with zero attached hydrogens (tertiary/aromatic N) is 2. The van der Waals surface area contributed by atoms with Crippen molar-refractivity contribution in [1.82, 2.24) is 15.5 Å². The Morgan fingerprint density at radius 1 is 1.36 bits per heavy atom. The van der Waals surface area contributed by atoms with E-state index in [1.807, 2.05) is 0 Å². The molecule has 1 aromatic heterocycles. The molecule has 0 aliphatic heterocycles. The molecule has 0 radical (unpaired) electrons. The molecular weight excluding hydrogens is 194 g/mol. The van der Waals surface area contributed by atoms with Crippen molar-refractivity contribution in [3.8, 4) is 0 Å². The van der Waals surface area contributed by atoms with Crippen molar-refractivity contribution in [2.24, 2.45) is 0 Å². The number of nitrogens with one attached hydrogen (secondary N) is 1. The van der Waals surface area contributed by atoms with Crippen LogP contribution in [-0.2, 0) is 12.8 Å². The van der Waals surface area contributed by atoms with Crippen LogP contribution in [0.3, 0.4) is 0 Å². The van der Waals surface area contributed by atoms with Gasteiger partial charge in [-0.25, -0.2) is 0 Å². The van der Waals surface area contributed by atoms with Gasteiger partial charge in [-0.1, -0.05) is 6.92 Å². The molecule has 1 aliphatic rings. The number of hydrogen-bond donors (Lipinski definition) is 1. The Balaban J connectivity index is 1.63. The predicted molar refractivity (Wildman–Crippen MR) is 58.6 cm³/mol. The van der Waals surface area contributed by atoms with E-state index in [1.165, 1.54) is 24.3 Å². The molecule has 0 bridgehead atoms. The van der Waals surface area contributed by atoms with Gasteiger partial charge >= 0.3 is 0 Å². The minimum Gasteiger partial charge on any atom is -0.314 e. The van der Waals surface area contributed by atoms with E-state index >= 15 is 0 Å². The van der Waals surface area contributed by atoms with Crippen LogP contribution >= 0.6 is 11.3 Å². The first-order valence-electron chi connectivity index (χ1n) is 5.43. The first-order valence-corrected chi connectivity index (χ1v) is 6.24. The molecule has 0 saturated heterocycles. The van der Waals surface area contributed by atoms with Gasteiger partial charge in [0.25, 0.3) is 0 Å². The summed E-state index contributed by atoms with van der Waals surface area (Å²) in [6, 6.07) is 0.829. The van der Waals surface area contributed by atoms with E-state index in [2.05, 4.69) is 22.4 Å². The number of hydrogen-bond acceptors (Lipinski definition) is 4. The third kappa shape index (κ3) is 3.03. The molecule has 0 unspecified atom stereocenters. The highest BCUT2D eigenvalue weighted by Gasteiger charge is 2.19. The van der Waals surface area contributed by atoms with Crippen LogP contribution in [0.1, 0.15) is 36.2 Å². The van der Waals surface area contributed by atoms with Crippen molar-refractivity contribution in [3.63, 3.8) is 0 Å². The molecule has 4 heteroatoms. The molecule has 78 valence electrons. The summed E-state index contributed by atoms with van der Waals surface area (Å²) in [7, 11) is 0. The highest BCUT2D eigenvalue weighted by molar-refractivity contribution is 7.11. The van der Waals surface area contributed by atoms with Crippen LogP contribution in [0.5, 0.6) is 0 Å². The summed E-state index contributed by atoms with van der Waals surface area (Å²) in [6.45, 7) is 3.25. The van der Waals surface area contributed by atoms with E-state index in [4.69, 9.17) is 0 Å². The highest BCUT2D eigenvalue weighted by Crippen LogP contribution is 2.18. The summed E-state index contributed by atoms with van der Waals surface area (Å²) < 4.78 is 0. The lowest BCUT2D eigenvalue weighted by Gasteiger charge is -1.99. The molecule has 1 N–H and O–H groups in total. The Kier molecular flexibility index (Phi) is 3.48. The van der Waals surface area contributed by atoms with Crippen LogP contribution in [0.4, 0.5) is 0 Å². The molecule has 1 fully saturated rings. The van der Waals surface area contributed by atoms with E-state index in [-0.39, 0.29) is 0 Å². The zero-order valence-electron chi connectivity index (χ0n) is 8.62. The van der Waals surface area contributed by atoms with Gasteiger partial charge in [0.2, 0.25) is 0 Å². The minimum absolute atomic E-state index is 0.829. The summed E-state index contributed by atoms with van der Waals surface area (Å²) in [5.41, 5.74) is 0. The molecule has 2 rings (SSSR count). The van der Waals surface area contributed by atoms with Gasteiger partial charge in [-0.15, -0.1) is 21.5 Å². The lowest BCUT2D eigenvalue weighted by Crippen LogP contribution is -2.17. The average molecular weight is 211 g/mol. The van der Waals surface area contributed by atoms with E-state index in [0.29, 0.717) is 0 Å².